The smallest absolute Gasteiger partial charge is 0.313 e. The van der Waals surface area contributed by atoms with Gasteiger partial charge in [-0.15, -0.1) is 0 Å². The number of carbonyl (C=O) groups is 1. The van der Waals surface area contributed by atoms with Gasteiger partial charge in [0.15, 0.2) is 0 Å². The summed E-state index contributed by atoms with van der Waals surface area (Å²) in [5, 5.41) is 0. The molecule has 0 aliphatic heterocycles. The SMILES string of the molecule is COC(=O)C(C)(C)[C@@H](N)c1ccnc(Br)c1. The van der Waals surface area contributed by atoms with E-state index >= 15 is 0 Å². The van der Waals surface area contributed by atoms with Gasteiger partial charge in [0.25, 0.3) is 0 Å². The molecule has 1 rings (SSSR count). The first kappa shape index (κ1) is 13.1. The largest absolute Gasteiger partial charge is 0.469 e. The summed E-state index contributed by atoms with van der Waals surface area (Å²) < 4.78 is 5.44. The molecule has 0 saturated heterocycles. The standard InChI is InChI=1S/C11H15BrN2O2/c1-11(2,10(15)16-3)9(13)7-4-5-14-8(12)6-7/h4-6,9H,13H2,1-3H3/t9-/m0/s1. The Morgan fingerprint density at radius 2 is 2.25 bits per heavy atom. The third-order valence-corrected chi connectivity index (χ3v) is 3.03. The number of rotatable bonds is 3. The Kier molecular flexibility index (Phi) is 4.04. The van der Waals surface area contributed by atoms with Crippen LogP contribution < -0.4 is 5.73 Å². The van der Waals surface area contributed by atoms with Crippen LogP contribution in [0.4, 0.5) is 0 Å². The van der Waals surface area contributed by atoms with E-state index in [0.29, 0.717) is 4.60 Å². The van der Waals surface area contributed by atoms with Gasteiger partial charge >= 0.3 is 5.97 Å². The van der Waals surface area contributed by atoms with Gasteiger partial charge in [-0.3, -0.25) is 4.79 Å². The number of ether oxygens (including phenoxy) is 1. The van der Waals surface area contributed by atoms with E-state index in [9.17, 15) is 4.79 Å². The number of nitrogens with zero attached hydrogens (tertiary/aromatic N) is 1. The van der Waals surface area contributed by atoms with Gasteiger partial charge < -0.3 is 10.5 Å². The summed E-state index contributed by atoms with van der Waals surface area (Å²) in [6, 6.07) is 3.16. The highest BCUT2D eigenvalue weighted by molar-refractivity contribution is 9.10. The van der Waals surface area contributed by atoms with Crippen LogP contribution >= 0.6 is 15.9 Å². The average molecular weight is 287 g/mol. The summed E-state index contributed by atoms with van der Waals surface area (Å²) in [6.45, 7) is 3.52. The molecule has 88 valence electrons. The predicted octanol–water partition coefficient (Wildman–Crippen LogP) is 2.04. The zero-order valence-electron chi connectivity index (χ0n) is 9.53. The van der Waals surface area contributed by atoms with Crippen LogP contribution in [-0.4, -0.2) is 18.1 Å². The lowest BCUT2D eigenvalue weighted by molar-refractivity contribution is -0.152. The molecule has 0 fully saturated rings. The van der Waals surface area contributed by atoms with E-state index in [4.69, 9.17) is 10.5 Å². The lowest BCUT2D eigenvalue weighted by atomic mass is 9.81. The first-order valence-electron chi connectivity index (χ1n) is 4.85. The molecule has 1 aromatic rings. The van der Waals surface area contributed by atoms with Crippen LogP contribution in [0, 0.1) is 5.41 Å². The van der Waals surface area contributed by atoms with Gasteiger partial charge in [0, 0.05) is 12.2 Å². The number of hydrogen-bond acceptors (Lipinski definition) is 4. The first-order valence-corrected chi connectivity index (χ1v) is 5.64. The molecule has 0 spiro atoms. The highest BCUT2D eigenvalue weighted by Gasteiger charge is 2.36. The van der Waals surface area contributed by atoms with Crippen LogP contribution in [0.15, 0.2) is 22.9 Å². The van der Waals surface area contributed by atoms with Crippen molar-refractivity contribution in [2.24, 2.45) is 11.1 Å². The van der Waals surface area contributed by atoms with Gasteiger partial charge in [-0.1, -0.05) is 0 Å². The Labute approximate surface area is 103 Å². The Hall–Kier alpha value is -0.940. The molecule has 2 N–H and O–H groups in total. The number of pyridine rings is 1. The Balaban J connectivity index is 3.01. The fourth-order valence-corrected chi connectivity index (χ4v) is 1.80. The second-order valence-electron chi connectivity index (χ2n) is 4.10. The zero-order valence-corrected chi connectivity index (χ0v) is 11.1. The number of aromatic nitrogens is 1. The predicted molar refractivity (Wildman–Crippen MR) is 64.7 cm³/mol. The van der Waals surface area contributed by atoms with Crippen molar-refractivity contribution in [1.29, 1.82) is 0 Å². The molecule has 4 nitrogen and oxygen atoms in total. The molecular formula is C11H15BrN2O2. The summed E-state index contributed by atoms with van der Waals surface area (Å²) >= 11 is 3.27. The van der Waals surface area contributed by atoms with Crippen LogP contribution in [0.25, 0.3) is 0 Å². The molecule has 0 bridgehead atoms. The molecule has 0 amide bonds. The number of nitrogens with two attached hydrogens (primary N) is 1. The molecule has 0 aromatic carbocycles. The van der Waals surface area contributed by atoms with Gasteiger partial charge in [-0.25, -0.2) is 4.98 Å². The van der Waals surface area contributed by atoms with Crippen molar-refractivity contribution >= 4 is 21.9 Å². The lowest BCUT2D eigenvalue weighted by Gasteiger charge is -2.28. The molecule has 0 saturated carbocycles. The molecular weight excluding hydrogens is 272 g/mol. The minimum atomic E-state index is -0.768. The normalized spacial score (nSPS) is 13.3. The number of esters is 1. The maximum atomic E-state index is 11.6. The number of methoxy groups -OCH3 is 1. The highest BCUT2D eigenvalue weighted by atomic mass is 79.9. The monoisotopic (exact) mass is 286 g/mol. The minimum absolute atomic E-state index is 0.326. The van der Waals surface area contributed by atoms with E-state index in [-0.39, 0.29) is 5.97 Å². The maximum absolute atomic E-state index is 11.6. The second kappa shape index (κ2) is 4.93. The number of hydrogen-bond donors (Lipinski definition) is 1. The lowest BCUT2D eigenvalue weighted by Crippen LogP contribution is -2.37. The second-order valence-corrected chi connectivity index (χ2v) is 4.92. The molecule has 16 heavy (non-hydrogen) atoms. The number of halogens is 1. The molecule has 0 radical (unpaired) electrons. The van der Waals surface area contributed by atoms with E-state index in [1.54, 1.807) is 32.2 Å². The fourth-order valence-electron chi connectivity index (χ4n) is 1.42. The average Bonchev–Trinajstić information content (AvgIpc) is 2.26. The van der Waals surface area contributed by atoms with Crippen molar-refractivity contribution in [3.05, 3.63) is 28.5 Å². The Morgan fingerprint density at radius 1 is 1.62 bits per heavy atom. The molecule has 5 heteroatoms. The van der Waals surface area contributed by atoms with Gasteiger partial charge in [0.1, 0.15) is 4.60 Å². The van der Waals surface area contributed by atoms with Crippen LogP contribution in [0.5, 0.6) is 0 Å². The van der Waals surface area contributed by atoms with Crippen molar-refractivity contribution < 1.29 is 9.53 Å². The summed E-state index contributed by atoms with van der Waals surface area (Å²) in [6.07, 6.45) is 1.65. The third kappa shape index (κ3) is 2.59. The molecule has 0 aliphatic carbocycles. The van der Waals surface area contributed by atoms with E-state index in [1.165, 1.54) is 7.11 Å². The van der Waals surface area contributed by atoms with E-state index < -0.39 is 11.5 Å². The van der Waals surface area contributed by atoms with Gasteiger partial charge in [-0.2, -0.15) is 0 Å². The Bertz CT molecular complexity index is 393. The van der Waals surface area contributed by atoms with Crippen molar-refractivity contribution in [3.8, 4) is 0 Å². The van der Waals surface area contributed by atoms with Gasteiger partial charge in [0.2, 0.25) is 0 Å². The summed E-state index contributed by atoms with van der Waals surface area (Å²) in [7, 11) is 1.36. The zero-order chi connectivity index (χ0) is 12.3. The van der Waals surface area contributed by atoms with Crippen molar-refractivity contribution in [1.82, 2.24) is 4.98 Å². The summed E-state index contributed by atoms with van der Waals surface area (Å²) in [4.78, 5) is 15.6. The topological polar surface area (TPSA) is 65.2 Å². The molecule has 1 heterocycles. The molecule has 0 aliphatic rings. The fraction of sp³-hybridized carbons (Fsp3) is 0.455. The highest BCUT2D eigenvalue weighted by Crippen LogP contribution is 2.32. The van der Waals surface area contributed by atoms with Gasteiger partial charge in [-0.05, 0) is 47.5 Å². The van der Waals surface area contributed by atoms with Gasteiger partial charge in [0.05, 0.1) is 12.5 Å². The van der Waals surface area contributed by atoms with E-state index in [2.05, 4.69) is 20.9 Å². The van der Waals surface area contributed by atoms with Crippen LogP contribution in [0.2, 0.25) is 0 Å². The van der Waals surface area contributed by atoms with Crippen LogP contribution in [0.3, 0.4) is 0 Å². The van der Waals surface area contributed by atoms with E-state index in [1.807, 2.05) is 0 Å². The minimum Gasteiger partial charge on any atom is -0.469 e. The molecule has 1 atom stereocenters. The Morgan fingerprint density at radius 3 is 2.75 bits per heavy atom. The van der Waals surface area contributed by atoms with E-state index in [0.717, 1.165) is 5.56 Å². The first-order chi connectivity index (χ1) is 7.39. The number of carbonyl (C=O) groups excluding carboxylic acids is 1. The van der Waals surface area contributed by atoms with Crippen LogP contribution in [-0.2, 0) is 9.53 Å². The summed E-state index contributed by atoms with van der Waals surface area (Å²) in [5.74, 6) is -0.326. The molecule has 0 unspecified atom stereocenters. The van der Waals surface area contributed by atoms with Crippen molar-refractivity contribution in [2.45, 2.75) is 19.9 Å². The van der Waals surface area contributed by atoms with Crippen LogP contribution in [0.1, 0.15) is 25.5 Å². The maximum Gasteiger partial charge on any atom is 0.313 e. The van der Waals surface area contributed by atoms with Crippen molar-refractivity contribution in [3.63, 3.8) is 0 Å². The molecule has 1 aromatic heterocycles. The van der Waals surface area contributed by atoms with Crippen molar-refractivity contribution in [2.75, 3.05) is 7.11 Å². The summed E-state index contributed by atoms with van der Waals surface area (Å²) in [5.41, 5.74) is 6.15. The third-order valence-electron chi connectivity index (χ3n) is 2.60. The quantitative estimate of drug-likeness (QED) is 0.682.